The second kappa shape index (κ2) is 4.22. The molecule has 2 bridgehead atoms. The van der Waals surface area contributed by atoms with E-state index in [1.165, 1.54) is 44.9 Å². The van der Waals surface area contributed by atoms with Gasteiger partial charge in [0.1, 0.15) is 0 Å². The lowest BCUT2D eigenvalue weighted by molar-refractivity contribution is -0.120. The van der Waals surface area contributed by atoms with Crippen molar-refractivity contribution in [3.63, 3.8) is 0 Å². The molecular weight excluding hydrogens is 224 g/mol. The number of nitrogens with one attached hydrogen (secondary N) is 2. The van der Waals surface area contributed by atoms with E-state index in [4.69, 9.17) is 0 Å². The Balaban J connectivity index is 1.23. The predicted octanol–water partition coefficient (Wildman–Crippen LogP) is 1.68. The fourth-order valence-electron chi connectivity index (χ4n) is 5.12. The molecule has 0 heterocycles. The van der Waals surface area contributed by atoms with Gasteiger partial charge in [-0.25, -0.2) is 0 Å². The van der Waals surface area contributed by atoms with E-state index >= 15 is 0 Å². The molecule has 0 aromatic rings. The molecule has 0 spiro atoms. The fraction of sp³-hybridized carbons (Fsp3) is 0.933. The van der Waals surface area contributed by atoms with Gasteiger partial charge in [0.05, 0.1) is 6.54 Å². The van der Waals surface area contributed by atoms with Crippen LogP contribution in [0, 0.1) is 23.7 Å². The first kappa shape index (κ1) is 11.3. The van der Waals surface area contributed by atoms with Crippen LogP contribution in [0.25, 0.3) is 0 Å². The van der Waals surface area contributed by atoms with E-state index in [-0.39, 0.29) is 5.91 Å². The molecule has 4 fully saturated rings. The van der Waals surface area contributed by atoms with Gasteiger partial charge in [0.15, 0.2) is 0 Å². The number of carbonyl (C=O) groups excluding carboxylic acids is 1. The third-order valence-corrected chi connectivity index (χ3v) is 5.97. The van der Waals surface area contributed by atoms with E-state index in [1.807, 2.05) is 0 Å². The van der Waals surface area contributed by atoms with Gasteiger partial charge in [-0.05, 0) is 55.8 Å². The Morgan fingerprint density at radius 3 is 2.33 bits per heavy atom. The van der Waals surface area contributed by atoms with Crippen LogP contribution in [0.1, 0.15) is 44.9 Å². The maximum absolute atomic E-state index is 11.9. The van der Waals surface area contributed by atoms with Crippen molar-refractivity contribution in [2.75, 3.05) is 6.54 Å². The van der Waals surface area contributed by atoms with E-state index in [1.54, 1.807) is 0 Å². The number of carbonyl (C=O) groups is 1. The van der Waals surface area contributed by atoms with Crippen LogP contribution in [0.15, 0.2) is 0 Å². The van der Waals surface area contributed by atoms with Crippen LogP contribution in [0.4, 0.5) is 0 Å². The number of amides is 1. The number of hydrogen-bond acceptors (Lipinski definition) is 2. The minimum absolute atomic E-state index is 0.237. The molecule has 4 saturated carbocycles. The van der Waals surface area contributed by atoms with Gasteiger partial charge in [0.2, 0.25) is 5.91 Å². The Hall–Kier alpha value is -0.570. The highest BCUT2D eigenvalue weighted by molar-refractivity contribution is 5.79. The van der Waals surface area contributed by atoms with Gasteiger partial charge >= 0.3 is 0 Å². The molecule has 18 heavy (non-hydrogen) atoms. The second-order valence-electron chi connectivity index (χ2n) is 6.94. The van der Waals surface area contributed by atoms with Gasteiger partial charge in [-0.2, -0.15) is 0 Å². The van der Waals surface area contributed by atoms with Crippen molar-refractivity contribution in [1.29, 1.82) is 0 Å². The topological polar surface area (TPSA) is 41.1 Å². The first-order valence-electron chi connectivity index (χ1n) is 7.85. The van der Waals surface area contributed by atoms with Crippen LogP contribution >= 0.6 is 0 Å². The highest BCUT2D eigenvalue weighted by Crippen LogP contribution is 2.65. The molecule has 4 unspecified atom stereocenters. The van der Waals surface area contributed by atoms with E-state index in [9.17, 15) is 4.79 Å². The zero-order chi connectivity index (χ0) is 12.1. The van der Waals surface area contributed by atoms with Crippen molar-refractivity contribution in [2.45, 2.75) is 57.0 Å². The lowest BCUT2D eigenvalue weighted by Gasteiger charge is -2.13. The van der Waals surface area contributed by atoms with Crippen LogP contribution in [0.2, 0.25) is 0 Å². The normalized spacial score (nSPS) is 45.2. The Morgan fingerprint density at radius 1 is 1.00 bits per heavy atom. The highest BCUT2D eigenvalue weighted by atomic mass is 16.2. The minimum atomic E-state index is 0.237. The maximum Gasteiger partial charge on any atom is 0.234 e. The summed E-state index contributed by atoms with van der Waals surface area (Å²) in [4.78, 5) is 11.9. The molecule has 4 rings (SSSR count). The summed E-state index contributed by atoms with van der Waals surface area (Å²) in [5.41, 5.74) is 0. The summed E-state index contributed by atoms with van der Waals surface area (Å²) in [6.07, 6.45) is 9.49. The summed E-state index contributed by atoms with van der Waals surface area (Å²) in [7, 11) is 0. The Morgan fingerprint density at radius 2 is 1.67 bits per heavy atom. The average Bonchev–Trinajstić information content (AvgIpc) is 2.88. The van der Waals surface area contributed by atoms with Crippen molar-refractivity contribution in [1.82, 2.24) is 10.6 Å². The molecule has 0 aromatic heterocycles. The van der Waals surface area contributed by atoms with Crippen molar-refractivity contribution in [3.8, 4) is 0 Å². The van der Waals surface area contributed by atoms with Crippen LogP contribution in [-0.4, -0.2) is 24.5 Å². The van der Waals surface area contributed by atoms with Crippen LogP contribution in [-0.2, 0) is 4.79 Å². The highest BCUT2D eigenvalue weighted by Gasteiger charge is 2.65. The van der Waals surface area contributed by atoms with Crippen LogP contribution in [0.3, 0.4) is 0 Å². The van der Waals surface area contributed by atoms with Gasteiger partial charge in [0.25, 0.3) is 0 Å². The average molecular weight is 248 g/mol. The van der Waals surface area contributed by atoms with Crippen molar-refractivity contribution in [2.24, 2.45) is 23.7 Å². The van der Waals surface area contributed by atoms with Crippen molar-refractivity contribution in [3.05, 3.63) is 0 Å². The molecule has 3 heteroatoms. The van der Waals surface area contributed by atoms with Gasteiger partial charge < -0.3 is 10.6 Å². The molecule has 0 saturated heterocycles. The fourth-order valence-corrected chi connectivity index (χ4v) is 5.12. The summed E-state index contributed by atoms with van der Waals surface area (Å²) in [6, 6.07) is 1.15. The minimum Gasteiger partial charge on any atom is -0.352 e. The Bertz CT molecular complexity index is 334. The summed E-state index contributed by atoms with van der Waals surface area (Å²) in [5, 5.41) is 6.69. The Kier molecular flexibility index (Phi) is 2.65. The number of rotatable bonds is 4. The number of fused-ring (bicyclic) bond motifs is 5. The molecule has 2 N–H and O–H groups in total. The zero-order valence-corrected chi connectivity index (χ0v) is 11.0. The van der Waals surface area contributed by atoms with E-state index < -0.39 is 0 Å². The second-order valence-corrected chi connectivity index (χ2v) is 6.94. The van der Waals surface area contributed by atoms with Crippen molar-refractivity contribution < 1.29 is 4.79 Å². The molecule has 1 amide bonds. The third kappa shape index (κ3) is 1.78. The van der Waals surface area contributed by atoms with Crippen molar-refractivity contribution >= 4 is 5.91 Å². The molecule has 3 nitrogen and oxygen atoms in total. The molecule has 100 valence electrons. The zero-order valence-electron chi connectivity index (χ0n) is 11.0. The molecule has 0 radical (unpaired) electrons. The lowest BCUT2D eigenvalue weighted by atomic mass is 10.0. The van der Waals surface area contributed by atoms with E-state index in [0.29, 0.717) is 18.6 Å². The van der Waals surface area contributed by atoms with E-state index in [2.05, 4.69) is 10.6 Å². The molecule has 0 aromatic carbocycles. The van der Waals surface area contributed by atoms with Gasteiger partial charge in [-0.1, -0.05) is 12.8 Å². The summed E-state index contributed by atoms with van der Waals surface area (Å²) in [5.74, 6) is 3.86. The molecule has 4 atom stereocenters. The van der Waals surface area contributed by atoms with E-state index in [0.717, 1.165) is 23.7 Å². The first-order valence-corrected chi connectivity index (χ1v) is 7.85. The predicted molar refractivity (Wildman–Crippen MR) is 70.0 cm³/mol. The monoisotopic (exact) mass is 248 g/mol. The third-order valence-electron chi connectivity index (χ3n) is 5.97. The Labute approximate surface area is 109 Å². The quantitative estimate of drug-likeness (QED) is 0.795. The molecule has 0 aliphatic heterocycles. The summed E-state index contributed by atoms with van der Waals surface area (Å²) in [6.45, 7) is 0.538. The lowest BCUT2D eigenvalue weighted by Crippen LogP contribution is -2.40. The molecule has 4 aliphatic carbocycles. The molecule has 4 aliphatic rings. The largest absolute Gasteiger partial charge is 0.352 e. The maximum atomic E-state index is 11.9. The summed E-state index contributed by atoms with van der Waals surface area (Å²) < 4.78 is 0. The van der Waals surface area contributed by atoms with Crippen LogP contribution < -0.4 is 10.6 Å². The summed E-state index contributed by atoms with van der Waals surface area (Å²) >= 11 is 0. The van der Waals surface area contributed by atoms with Gasteiger partial charge in [0, 0.05) is 12.1 Å². The SMILES string of the molecule is O=C(CNC1CCCC1)NC1C2C3CCC(C3)C12. The first-order chi connectivity index (χ1) is 8.83. The van der Waals surface area contributed by atoms with Gasteiger partial charge in [-0.3, -0.25) is 4.79 Å². The van der Waals surface area contributed by atoms with Gasteiger partial charge in [-0.15, -0.1) is 0 Å². The standard InChI is InChI=1S/C15H24N2O/c18-12(8-16-11-3-1-2-4-11)17-15-13-9-5-6-10(7-9)14(13)15/h9-11,13-16H,1-8H2,(H,17,18). The number of hydrogen-bond donors (Lipinski definition) is 2. The smallest absolute Gasteiger partial charge is 0.234 e. The van der Waals surface area contributed by atoms with Crippen LogP contribution in [0.5, 0.6) is 0 Å². The molecular formula is C15H24N2O.